The zero-order chi connectivity index (χ0) is 14.8. The normalized spacial score (nSPS) is 10.7. The third kappa shape index (κ3) is 2.69. The van der Waals surface area contributed by atoms with Gasteiger partial charge in [0.05, 0.1) is 18.3 Å². The molecule has 3 rings (SSSR count). The summed E-state index contributed by atoms with van der Waals surface area (Å²) >= 11 is 0. The van der Waals surface area contributed by atoms with Crippen LogP contribution in [-0.4, -0.2) is 16.0 Å². The number of nitrogens with one attached hydrogen (secondary N) is 1. The lowest BCUT2D eigenvalue weighted by Crippen LogP contribution is -2.16. The Hall–Kier alpha value is -2.89. The largest absolute Gasteiger partial charge is 0.397 e. The topological polar surface area (TPSA) is 94.0 Å². The number of nitrogen functional groups attached to an aromatic ring is 1. The molecule has 3 aromatic rings. The number of aromatic nitrogens is 2. The Labute approximate surface area is 121 Å². The van der Waals surface area contributed by atoms with Gasteiger partial charge in [-0.05, 0) is 30.7 Å². The number of carbonyl (C=O) groups is 1. The lowest BCUT2D eigenvalue weighted by molar-refractivity contribution is -0.115. The number of nitrogens with zero attached hydrogens (tertiary/aromatic N) is 2. The molecule has 1 amide bonds. The van der Waals surface area contributed by atoms with E-state index in [0.29, 0.717) is 22.8 Å². The monoisotopic (exact) mass is 282 g/mol. The van der Waals surface area contributed by atoms with Gasteiger partial charge >= 0.3 is 0 Å². The van der Waals surface area contributed by atoms with E-state index in [9.17, 15) is 4.79 Å². The van der Waals surface area contributed by atoms with Crippen molar-refractivity contribution in [2.75, 3.05) is 11.1 Å². The quantitative estimate of drug-likeness (QED) is 0.768. The number of para-hydroxylation sites is 1. The maximum absolute atomic E-state index is 12.1. The number of amides is 1. The number of anilines is 2. The van der Waals surface area contributed by atoms with Crippen LogP contribution >= 0.6 is 0 Å². The molecule has 0 aliphatic carbocycles. The second kappa shape index (κ2) is 5.24. The maximum Gasteiger partial charge on any atom is 0.231 e. The van der Waals surface area contributed by atoms with Crippen molar-refractivity contribution in [3.8, 4) is 0 Å². The van der Waals surface area contributed by atoms with Crippen LogP contribution in [0, 0.1) is 6.92 Å². The average molecular weight is 282 g/mol. The number of fused-ring (bicyclic) bond motifs is 1. The van der Waals surface area contributed by atoms with Crippen molar-refractivity contribution < 1.29 is 9.32 Å². The molecule has 0 spiro atoms. The molecule has 0 radical (unpaired) electrons. The van der Waals surface area contributed by atoms with Crippen molar-refractivity contribution >= 4 is 28.4 Å². The van der Waals surface area contributed by atoms with Gasteiger partial charge in [-0.3, -0.25) is 4.79 Å². The Morgan fingerprint density at radius 1 is 1.38 bits per heavy atom. The predicted molar refractivity (Wildman–Crippen MR) is 79.7 cm³/mol. The Kier molecular flexibility index (Phi) is 3.27. The molecule has 3 N–H and O–H groups in total. The summed E-state index contributed by atoms with van der Waals surface area (Å²) in [6.45, 7) is 1.84. The van der Waals surface area contributed by atoms with Gasteiger partial charge in [-0.15, -0.1) is 0 Å². The van der Waals surface area contributed by atoms with Gasteiger partial charge in [-0.1, -0.05) is 17.3 Å². The first kappa shape index (κ1) is 13.1. The van der Waals surface area contributed by atoms with Crippen molar-refractivity contribution in [3.63, 3.8) is 0 Å². The number of benzene rings is 1. The first-order valence-electron chi connectivity index (χ1n) is 6.49. The summed E-state index contributed by atoms with van der Waals surface area (Å²) < 4.78 is 5.18. The van der Waals surface area contributed by atoms with Crippen LogP contribution in [-0.2, 0) is 11.2 Å². The minimum absolute atomic E-state index is 0.127. The number of carbonyl (C=O) groups excluding carboxylic acids is 1. The zero-order valence-corrected chi connectivity index (χ0v) is 11.5. The van der Waals surface area contributed by atoms with Crippen LogP contribution < -0.4 is 11.1 Å². The molecule has 106 valence electrons. The standard InChI is InChI=1S/C15H14N4O2/c1-9-6-10(16)8-17-15(9)18-14(20)7-12-11-4-2-3-5-13(11)21-19-12/h2-6,8H,7,16H2,1H3,(H,17,18,20). The minimum Gasteiger partial charge on any atom is -0.397 e. The fourth-order valence-corrected chi connectivity index (χ4v) is 2.12. The van der Waals surface area contributed by atoms with Crippen molar-refractivity contribution in [2.45, 2.75) is 13.3 Å². The summed E-state index contributed by atoms with van der Waals surface area (Å²) in [6, 6.07) is 9.19. The van der Waals surface area contributed by atoms with Gasteiger partial charge in [0.25, 0.3) is 0 Å². The summed E-state index contributed by atoms with van der Waals surface area (Å²) in [5, 5.41) is 7.53. The van der Waals surface area contributed by atoms with E-state index in [1.165, 1.54) is 6.20 Å². The summed E-state index contributed by atoms with van der Waals surface area (Å²) in [4.78, 5) is 16.2. The molecule has 0 aliphatic rings. The highest BCUT2D eigenvalue weighted by Crippen LogP contribution is 2.19. The van der Waals surface area contributed by atoms with Crippen LogP contribution in [0.3, 0.4) is 0 Å². The minimum atomic E-state index is -0.200. The first-order chi connectivity index (χ1) is 10.1. The molecule has 0 bridgehead atoms. The van der Waals surface area contributed by atoms with Crippen LogP contribution in [0.15, 0.2) is 41.1 Å². The molecule has 21 heavy (non-hydrogen) atoms. The summed E-state index contributed by atoms with van der Waals surface area (Å²) in [6.07, 6.45) is 1.64. The Bertz CT molecular complexity index is 810. The van der Waals surface area contributed by atoms with Gasteiger partial charge in [-0.25, -0.2) is 4.98 Å². The number of pyridine rings is 1. The molecule has 0 atom stereocenters. The molecule has 0 aliphatic heterocycles. The fourth-order valence-electron chi connectivity index (χ4n) is 2.12. The molecule has 0 fully saturated rings. The Morgan fingerprint density at radius 3 is 3.00 bits per heavy atom. The molecule has 0 unspecified atom stereocenters. The van der Waals surface area contributed by atoms with E-state index in [4.69, 9.17) is 10.3 Å². The second-order valence-electron chi connectivity index (χ2n) is 4.78. The molecular weight excluding hydrogens is 268 g/mol. The molecule has 2 aromatic heterocycles. The first-order valence-corrected chi connectivity index (χ1v) is 6.49. The van der Waals surface area contributed by atoms with E-state index in [1.54, 1.807) is 6.07 Å². The van der Waals surface area contributed by atoms with Crippen LogP contribution in [0.25, 0.3) is 11.0 Å². The SMILES string of the molecule is Cc1cc(N)cnc1NC(=O)Cc1noc2ccccc12. The number of hydrogen-bond donors (Lipinski definition) is 2. The Morgan fingerprint density at radius 2 is 2.19 bits per heavy atom. The number of rotatable bonds is 3. The lowest BCUT2D eigenvalue weighted by atomic mass is 10.1. The van der Waals surface area contributed by atoms with Crippen LogP contribution in [0.2, 0.25) is 0 Å². The highest BCUT2D eigenvalue weighted by molar-refractivity contribution is 5.94. The molecule has 0 saturated carbocycles. The van der Waals surface area contributed by atoms with Gasteiger partial charge in [0, 0.05) is 5.39 Å². The zero-order valence-electron chi connectivity index (χ0n) is 11.5. The van der Waals surface area contributed by atoms with Crippen LogP contribution in [0.5, 0.6) is 0 Å². The van der Waals surface area contributed by atoms with E-state index in [2.05, 4.69) is 15.5 Å². The van der Waals surface area contributed by atoms with E-state index in [1.807, 2.05) is 31.2 Å². The van der Waals surface area contributed by atoms with E-state index in [0.717, 1.165) is 10.9 Å². The molecular formula is C15H14N4O2. The van der Waals surface area contributed by atoms with Gasteiger partial charge in [0.15, 0.2) is 5.58 Å². The van der Waals surface area contributed by atoms with E-state index < -0.39 is 0 Å². The molecule has 6 nitrogen and oxygen atoms in total. The van der Waals surface area contributed by atoms with Gasteiger partial charge < -0.3 is 15.6 Å². The van der Waals surface area contributed by atoms with Crippen LogP contribution in [0.4, 0.5) is 11.5 Å². The van der Waals surface area contributed by atoms with Crippen molar-refractivity contribution in [2.24, 2.45) is 0 Å². The summed E-state index contributed by atoms with van der Waals surface area (Å²) in [7, 11) is 0. The maximum atomic E-state index is 12.1. The van der Waals surface area contributed by atoms with E-state index in [-0.39, 0.29) is 12.3 Å². The van der Waals surface area contributed by atoms with Gasteiger partial charge in [0.2, 0.25) is 5.91 Å². The number of aryl methyl sites for hydroxylation is 1. The molecule has 1 aromatic carbocycles. The molecule has 0 saturated heterocycles. The van der Waals surface area contributed by atoms with Crippen molar-refractivity contribution in [1.29, 1.82) is 0 Å². The third-order valence-corrected chi connectivity index (χ3v) is 3.14. The van der Waals surface area contributed by atoms with Gasteiger partial charge in [-0.2, -0.15) is 0 Å². The van der Waals surface area contributed by atoms with E-state index >= 15 is 0 Å². The predicted octanol–water partition coefficient (Wildman–Crippen LogP) is 2.29. The van der Waals surface area contributed by atoms with Crippen molar-refractivity contribution in [1.82, 2.24) is 10.1 Å². The highest BCUT2D eigenvalue weighted by Gasteiger charge is 2.13. The summed E-state index contributed by atoms with van der Waals surface area (Å²) in [5.74, 6) is 0.302. The molecule has 2 heterocycles. The van der Waals surface area contributed by atoms with Gasteiger partial charge in [0.1, 0.15) is 11.5 Å². The average Bonchev–Trinajstić information content (AvgIpc) is 2.85. The smallest absolute Gasteiger partial charge is 0.231 e. The number of hydrogen-bond acceptors (Lipinski definition) is 5. The third-order valence-electron chi connectivity index (χ3n) is 3.14. The fraction of sp³-hybridized carbons (Fsp3) is 0.133. The Balaban J connectivity index is 1.77. The second-order valence-corrected chi connectivity index (χ2v) is 4.78. The highest BCUT2D eigenvalue weighted by atomic mass is 16.5. The lowest BCUT2D eigenvalue weighted by Gasteiger charge is -2.07. The van der Waals surface area contributed by atoms with Crippen molar-refractivity contribution in [3.05, 3.63) is 47.8 Å². The molecule has 6 heteroatoms. The number of nitrogens with two attached hydrogens (primary N) is 1. The summed E-state index contributed by atoms with van der Waals surface area (Å²) in [5.41, 5.74) is 8.29. The van der Waals surface area contributed by atoms with Crippen LogP contribution in [0.1, 0.15) is 11.3 Å².